The first-order chi connectivity index (χ1) is 6.09. The second-order valence-electron chi connectivity index (χ2n) is 3.56. The van der Waals surface area contributed by atoms with Crippen molar-refractivity contribution < 1.29 is 9.90 Å². The molecule has 0 aromatic rings. The van der Waals surface area contributed by atoms with Crippen molar-refractivity contribution in [1.82, 2.24) is 9.80 Å². The van der Waals surface area contributed by atoms with E-state index >= 15 is 0 Å². The van der Waals surface area contributed by atoms with E-state index in [1.165, 1.54) is 6.08 Å². The van der Waals surface area contributed by atoms with Crippen molar-refractivity contribution in [3.05, 3.63) is 12.3 Å². The number of aliphatic carboxylic acids is 1. The molecule has 0 spiro atoms. The van der Waals surface area contributed by atoms with E-state index in [0.29, 0.717) is 6.04 Å². The molecule has 1 unspecified atom stereocenters. The highest BCUT2D eigenvalue weighted by Crippen LogP contribution is 2.12. The van der Waals surface area contributed by atoms with Gasteiger partial charge in [-0.25, -0.2) is 4.79 Å². The second-order valence-corrected chi connectivity index (χ2v) is 3.56. The van der Waals surface area contributed by atoms with Gasteiger partial charge in [-0.05, 0) is 20.5 Å². The molecule has 4 heteroatoms. The van der Waals surface area contributed by atoms with Gasteiger partial charge in [-0.3, -0.25) is 0 Å². The molecule has 0 radical (unpaired) electrons. The SMILES string of the molecule is CN(C)C1CCN(/C=C/C(=O)O)C1. The van der Waals surface area contributed by atoms with Crippen molar-refractivity contribution in [3.63, 3.8) is 0 Å². The number of likely N-dealkylation sites (N-methyl/N-ethyl adjacent to an activating group) is 1. The molecule has 1 saturated heterocycles. The molecule has 0 saturated carbocycles. The van der Waals surface area contributed by atoms with Crippen LogP contribution in [0.1, 0.15) is 6.42 Å². The van der Waals surface area contributed by atoms with Crippen molar-refractivity contribution in [2.45, 2.75) is 12.5 Å². The zero-order chi connectivity index (χ0) is 9.84. The maximum Gasteiger partial charge on any atom is 0.329 e. The summed E-state index contributed by atoms with van der Waals surface area (Å²) in [5, 5.41) is 8.43. The molecule has 1 aliphatic heterocycles. The third-order valence-corrected chi connectivity index (χ3v) is 2.35. The number of likely N-dealkylation sites (tertiary alicyclic amines) is 1. The first-order valence-electron chi connectivity index (χ1n) is 4.41. The molecule has 1 fully saturated rings. The van der Waals surface area contributed by atoms with Gasteiger partial charge >= 0.3 is 5.97 Å². The number of hydrogen-bond acceptors (Lipinski definition) is 3. The van der Waals surface area contributed by atoms with Crippen LogP contribution in [0, 0.1) is 0 Å². The van der Waals surface area contributed by atoms with E-state index in [0.717, 1.165) is 19.5 Å². The van der Waals surface area contributed by atoms with Crippen LogP contribution in [0.3, 0.4) is 0 Å². The van der Waals surface area contributed by atoms with Gasteiger partial charge in [0.1, 0.15) is 0 Å². The van der Waals surface area contributed by atoms with Crippen molar-refractivity contribution in [3.8, 4) is 0 Å². The second kappa shape index (κ2) is 4.28. The maximum absolute atomic E-state index is 10.2. The average Bonchev–Trinajstić information content (AvgIpc) is 2.48. The Morgan fingerprint density at radius 3 is 2.77 bits per heavy atom. The topological polar surface area (TPSA) is 43.8 Å². The minimum Gasteiger partial charge on any atom is -0.478 e. The third-order valence-electron chi connectivity index (χ3n) is 2.35. The summed E-state index contributed by atoms with van der Waals surface area (Å²) in [5.74, 6) is -0.881. The van der Waals surface area contributed by atoms with Gasteiger partial charge in [0.25, 0.3) is 0 Å². The quantitative estimate of drug-likeness (QED) is 0.637. The predicted molar refractivity (Wildman–Crippen MR) is 50.4 cm³/mol. The Labute approximate surface area is 78.4 Å². The molecule has 13 heavy (non-hydrogen) atoms. The van der Waals surface area contributed by atoms with Crippen LogP contribution in [-0.2, 0) is 4.79 Å². The summed E-state index contributed by atoms with van der Waals surface area (Å²) in [7, 11) is 4.10. The molecule has 0 aromatic carbocycles. The average molecular weight is 184 g/mol. The largest absolute Gasteiger partial charge is 0.478 e. The number of nitrogens with zero attached hydrogens (tertiary/aromatic N) is 2. The molecule has 1 rings (SSSR count). The molecule has 0 bridgehead atoms. The van der Waals surface area contributed by atoms with E-state index in [-0.39, 0.29) is 0 Å². The molecule has 1 aliphatic rings. The Balaban J connectivity index is 2.37. The molecule has 1 atom stereocenters. The Morgan fingerprint density at radius 1 is 1.62 bits per heavy atom. The van der Waals surface area contributed by atoms with Crippen molar-refractivity contribution in [1.29, 1.82) is 0 Å². The van der Waals surface area contributed by atoms with Gasteiger partial charge in [0.05, 0.1) is 0 Å². The van der Waals surface area contributed by atoms with E-state index in [2.05, 4.69) is 19.0 Å². The van der Waals surface area contributed by atoms with Gasteiger partial charge in [0, 0.05) is 31.4 Å². The highest BCUT2D eigenvalue weighted by atomic mass is 16.4. The summed E-state index contributed by atoms with van der Waals surface area (Å²) in [5.41, 5.74) is 0. The van der Waals surface area contributed by atoms with Crippen molar-refractivity contribution >= 4 is 5.97 Å². The Hall–Kier alpha value is -1.03. The van der Waals surface area contributed by atoms with Crippen LogP contribution in [0.2, 0.25) is 0 Å². The number of carbonyl (C=O) groups is 1. The lowest BCUT2D eigenvalue weighted by Crippen LogP contribution is -2.29. The molecule has 0 aliphatic carbocycles. The van der Waals surface area contributed by atoms with Crippen LogP contribution >= 0.6 is 0 Å². The predicted octanol–water partition coefficient (Wildman–Crippen LogP) is 0.221. The first-order valence-corrected chi connectivity index (χ1v) is 4.41. The van der Waals surface area contributed by atoms with Crippen LogP contribution < -0.4 is 0 Å². The Kier molecular flexibility index (Phi) is 3.31. The van der Waals surface area contributed by atoms with Gasteiger partial charge in [-0.1, -0.05) is 0 Å². The first kappa shape index (κ1) is 10.1. The minimum atomic E-state index is -0.881. The van der Waals surface area contributed by atoms with Gasteiger partial charge in [-0.2, -0.15) is 0 Å². The van der Waals surface area contributed by atoms with Gasteiger partial charge < -0.3 is 14.9 Å². The van der Waals surface area contributed by atoms with Crippen LogP contribution in [0.5, 0.6) is 0 Å². The monoisotopic (exact) mass is 184 g/mol. The normalized spacial score (nSPS) is 23.3. The fourth-order valence-electron chi connectivity index (χ4n) is 1.49. The fourth-order valence-corrected chi connectivity index (χ4v) is 1.49. The Bertz CT molecular complexity index is 214. The van der Waals surface area contributed by atoms with E-state index in [9.17, 15) is 4.79 Å². The van der Waals surface area contributed by atoms with Gasteiger partial charge in [0.15, 0.2) is 0 Å². The van der Waals surface area contributed by atoms with Crippen LogP contribution in [-0.4, -0.2) is 54.1 Å². The maximum atomic E-state index is 10.2. The lowest BCUT2D eigenvalue weighted by molar-refractivity contribution is -0.131. The van der Waals surface area contributed by atoms with Crippen molar-refractivity contribution in [2.75, 3.05) is 27.2 Å². The van der Waals surface area contributed by atoms with Crippen LogP contribution in [0.15, 0.2) is 12.3 Å². The van der Waals surface area contributed by atoms with E-state index < -0.39 is 5.97 Å². The lowest BCUT2D eigenvalue weighted by Gasteiger charge is -2.18. The molecule has 1 heterocycles. The molecule has 4 nitrogen and oxygen atoms in total. The number of carboxylic acid groups (broad SMARTS) is 1. The smallest absolute Gasteiger partial charge is 0.329 e. The van der Waals surface area contributed by atoms with Crippen LogP contribution in [0.25, 0.3) is 0 Å². The minimum absolute atomic E-state index is 0.554. The van der Waals surface area contributed by atoms with Crippen molar-refractivity contribution in [2.24, 2.45) is 0 Å². The molecular formula is C9H16N2O2. The number of rotatable bonds is 3. The summed E-state index contributed by atoms with van der Waals surface area (Å²) in [6, 6.07) is 0.554. The highest BCUT2D eigenvalue weighted by molar-refractivity contribution is 5.79. The summed E-state index contributed by atoms with van der Waals surface area (Å²) >= 11 is 0. The van der Waals surface area contributed by atoms with Gasteiger partial charge in [0.2, 0.25) is 0 Å². The highest BCUT2D eigenvalue weighted by Gasteiger charge is 2.21. The van der Waals surface area contributed by atoms with E-state index in [4.69, 9.17) is 5.11 Å². The summed E-state index contributed by atoms with van der Waals surface area (Å²) < 4.78 is 0. The fraction of sp³-hybridized carbons (Fsp3) is 0.667. The summed E-state index contributed by atoms with van der Waals surface area (Å²) in [6.07, 6.45) is 3.96. The molecule has 74 valence electrons. The van der Waals surface area contributed by atoms with E-state index in [1.807, 2.05) is 4.90 Å². The summed E-state index contributed by atoms with van der Waals surface area (Å²) in [4.78, 5) is 14.5. The number of hydrogen-bond donors (Lipinski definition) is 1. The van der Waals surface area contributed by atoms with Gasteiger partial charge in [-0.15, -0.1) is 0 Å². The zero-order valence-corrected chi connectivity index (χ0v) is 8.10. The van der Waals surface area contributed by atoms with Crippen LogP contribution in [0.4, 0.5) is 0 Å². The van der Waals surface area contributed by atoms with E-state index in [1.54, 1.807) is 6.20 Å². The zero-order valence-electron chi connectivity index (χ0n) is 8.10. The standard InChI is InChI=1S/C9H16N2O2/c1-10(2)8-3-5-11(7-8)6-4-9(12)13/h4,6,8H,3,5,7H2,1-2H3,(H,12,13)/b6-4+. The molecule has 0 amide bonds. The molecule has 0 aromatic heterocycles. The molecule has 1 N–H and O–H groups in total. The Morgan fingerprint density at radius 2 is 2.31 bits per heavy atom. The summed E-state index contributed by atoms with van der Waals surface area (Å²) in [6.45, 7) is 1.88. The number of carboxylic acids is 1. The molecular weight excluding hydrogens is 168 g/mol. The lowest BCUT2D eigenvalue weighted by atomic mass is 10.2. The third kappa shape index (κ3) is 3.06.